The van der Waals surface area contributed by atoms with Gasteiger partial charge in [0.2, 0.25) is 10.0 Å². The fourth-order valence-electron chi connectivity index (χ4n) is 2.81. The van der Waals surface area contributed by atoms with Crippen molar-refractivity contribution in [1.82, 2.24) is 4.31 Å². The summed E-state index contributed by atoms with van der Waals surface area (Å²) < 4.78 is 27.6. The summed E-state index contributed by atoms with van der Waals surface area (Å²) in [4.78, 5) is 0.462. The van der Waals surface area contributed by atoms with Gasteiger partial charge < -0.3 is 5.32 Å². The van der Waals surface area contributed by atoms with Gasteiger partial charge in [-0.1, -0.05) is 0 Å². The second-order valence-corrected chi connectivity index (χ2v) is 9.81. The van der Waals surface area contributed by atoms with Gasteiger partial charge in [-0.05, 0) is 51.0 Å². The van der Waals surface area contributed by atoms with E-state index < -0.39 is 10.0 Å². The van der Waals surface area contributed by atoms with Crippen LogP contribution >= 0.6 is 11.8 Å². The fourth-order valence-corrected chi connectivity index (χ4v) is 6.13. The van der Waals surface area contributed by atoms with Gasteiger partial charge in [0.15, 0.2) is 0 Å². The van der Waals surface area contributed by atoms with Crippen LogP contribution in [0.1, 0.15) is 25.0 Å². The van der Waals surface area contributed by atoms with E-state index in [-0.39, 0.29) is 4.75 Å². The Morgan fingerprint density at radius 1 is 1.24 bits per heavy atom. The zero-order chi connectivity index (χ0) is 15.8. The third kappa shape index (κ3) is 3.38. The summed E-state index contributed by atoms with van der Waals surface area (Å²) in [6.45, 7) is 9.08. The van der Waals surface area contributed by atoms with E-state index in [9.17, 15) is 8.42 Å². The molecule has 0 saturated carbocycles. The van der Waals surface area contributed by atoms with Crippen molar-refractivity contribution >= 4 is 27.5 Å². The number of sulfonamides is 1. The fraction of sp³-hybridized carbons (Fsp3) is 0.600. The lowest BCUT2D eigenvalue weighted by Crippen LogP contribution is -2.46. The van der Waals surface area contributed by atoms with E-state index in [0.29, 0.717) is 18.0 Å². The number of hydrogen-bond donors (Lipinski definition) is 1. The van der Waals surface area contributed by atoms with Crippen LogP contribution in [-0.4, -0.2) is 43.4 Å². The van der Waals surface area contributed by atoms with Crippen LogP contribution in [0.2, 0.25) is 0 Å². The van der Waals surface area contributed by atoms with Gasteiger partial charge in [0.05, 0.1) is 4.90 Å². The van der Waals surface area contributed by atoms with E-state index >= 15 is 0 Å². The van der Waals surface area contributed by atoms with Crippen LogP contribution in [0.25, 0.3) is 0 Å². The lowest BCUT2D eigenvalue weighted by molar-refractivity contribution is 0.387. The molecule has 1 aliphatic rings. The molecule has 6 heteroatoms. The summed E-state index contributed by atoms with van der Waals surface area (Å²) in [6.07, 6.45) is 0. The Hall–Kier alpha value is -0.720. The quantitative estimate of drug-likeness (QED) is 0.927. The van der Waals surface area contributed by atoms with Crippen LogP contribution in [0.5, 0.6) is 0 Å². The molecule has 0 radical (unpaired) electrons. The van der Waals surface area contributed by atoms with Crippen LogP contribution in [-0.2, 0) is 10.0 Å². The zero-order valence-corrected chi connectivity index (χ0v) is 15.0. The van der Waals surface area contributed by atoms with Gasteiger partial charge >= 0.3 is 0 Å². The van der Waals surface area contributed by atoms with E-state index in [1.165, 1.54) is 0 Å². The van der Waals surface area contributed by atoms with Gasteiger partial charge in [-0.2, -0.15) is 16.1 Å². The maximum Gasteiger partial charge on any atom is 0.243 e. The Balaban J connectivity index is 2.45. The van der Waals surface area contributed by atoms with Crippen molar-refractivity contribution in [3.05, 3.63) is 23.3 Å². The molecule has 1 heterocycles. The Labute approximate surface area is 132 Å². The lowest BCUT2D eigenvalue weighted by Gasteiger charge is -2.37. The molecule has 0 aromatic heterocycles. The number of benzene rings is 1. The first-order chi connectivity index (χ1) is 9.67. The van der Waals surface area contributed by atoms with Gasteiger partial charge in [-0.3, -0.25) is 0 Å². The molecule has 0 unspecified atom stereocenters. The van der Waals surface area contributed by atoms with Crippen LogP contribution in [0, 0.1) is 13.8 Å². The van der Waals surface area contributed by atoms with Gasteiger partial charge in [0, 0.05) is 36.3 Å². The molecule has 21 heavy (non-hydrogen) atoms. The van der Waals surface area contributed by atoms with E-state index in [2.05, 4.69) is 19.2 Å². The van der Waals surface area contributed by atoms with Gasteiger partial charge in [0.25, 0.3) is 0 Å². The van der Waals surface area contributed by atoms with E-state index in [4.69, 9.17) is 0 Å². The number of nitrogens with zero attached hydrogens (tertiary/aromatic N) is 1. The number of aryl methyl sites for hydroxylation is 2. The molecule has 1 saturated heterocycles. The van der Waals surface area contributed by atoms with Crippen molar-refractivity contribution in [2.75, 3.05) is 31.2 Å². The Morgan fingerprint density at radius 2 is 1.81 bits per heavy atom. The molecule has 1 fully saturated rings. The summed E-state index contributed by atoms with van der Waals surface area (Å²) in [5.41, 5.74) is 2.55. The molecule has 1 N–H and O–H groups in total. The molecule has 0 spiro atoms. The molecule has 1 aromatic carbocycles. The predicted molar refractivity (Wildman–Crippen MR) is 90.8 cm³/mol. The number of nitrogens with one attached hydrogen (secondary N) is 1. The molecule has 0 amide bonds. The maximum atomic E-state index is 13.0. The number of anilines is 1. The number of thioether (sulfide) groups is 1. The minimum Gasteiger partial charge on any atom is -0.388 e. The van der Waals surface area contributed by atoms with Crippen LogP contribution in [0.4, 0.5) is 5.69 Å². The average molecular weight is 329 g/mol. The highest BCUT2D eigenvalue weighted by Crippen LogP contribution is 2.34. The van der Waals surface area contributed by atoms with Crippen molar-refractivity contribution < 1.29 is 8.42 Å². The van der Waals surface area contributed by atoms with Crippen LogP contribution < -0.4 is 5.32 Å². The largest absolute Gasteiger partial charge is 0.388 e. The number of rotatable bonds is 3. The summed E-state index contributed by atoms with van der Waals surface area (Å²) in [5, 5.41) is 3.07. The van der Waals surface area contributed by atoms with Crippen molar-refractivity contribution in [1.29, 1.82) is 0 Å². The van der Waals surface area contributed by atoms with Crippen LogP contribution in [0.15, 0.2) is 17.0 Å². The molecular weight excluding hydrogens is 304 g/mol. The molecule has 1 aliphatic heterocycles. The second kappa shape index (κ2) is 5.82. The first kappa shape index (κ1) is 16.6. The van der Waals surface area contributed by atoms with Crippen molar-refractivity contribution in [2.24, 2.45) is 0 Å². The third-order valence-electron chi connectivity index (χ3n) is 3.74. The highest BCUT2D eigenvalue weighted by Gasteiger charge is 2.36. The normalized spacial score (nSPS) is 19.5. The third-order valence-corrected chi connectivity index (χ3v) is 7.19. The Morgan fingerprint density at radius 3 is 2.29 bits per heavy atom. The standard InChI is InChI=1S/C15H24N2O2S2/c1-11-8-13(16-5)9-12(2)14(11)21(18,19)17-6-7-20-15(3,4)10-17/h8-9,16H,6-7,10H2,1-5H3. The molecule has 0 atom stereocenters. The monoisotopic (exact) mass is 328 g/mol. The minimum absolute atomic E-state index is 0.0297. The SMILES string of the molecule is CNc1cc(C)c(S(=O)(=O)N2CCSC(C)(C)C2)c(C)c1. The topological polar surface area (TPSA) is 49.4 Å². The maximum absolute atomic E-state index is 13.0. The van der Waals surface area contributed by atoms with Crippen molar-refractivity contribution in [3.8, 4) is 0 Å². The lowest BCUT2D eigenvalue weighted by atomic mass is 10.1. The van der Waals surface area contributed by atoms with E-state index in [1.807, 2.05) is 44.8 Å². The summed E-state index contributed by atoms with van der Waals surface area (Å²) in [7, 11) is -1.59. The van der Waals surface area contributed by atoms with Crippen molar-refractivity contribution in [3.63, 3.8) is 0 Å². The molecule has 0 bridgehead atoms. The van der Waals surface area contributed by atoms with Gasteiger partial charge in [0.1, 0.15) is 0 Å². The molecule has 1 aromatic rings. The summed E-state index contributed by atoms with van der Waals surface area (Å²) in [6, 6.07) is 3.79. The molecule has 2 rings (SSSR count). The predicted octanol–water partition coefficient (Wildman–Crippen LogP) is 2.86. The second-order valence-electron chi connectivity index (χ2n) is 6.14. The highest BCUT2D eigenvalue weighted by atomic mass is 32.2. The highest BCUT2D eigenvalue weighted by molar-refractivity contribution is 8.00. The minimum atomic E-state index is -3.43. The van der Waals surface area contributed by atoms with Crippen molar-refractivity contribution in [2.45, 2.75) is 37.3 Å². The number of hydrogen-bond acceptors (Lipinski definition) is 4. The molecular formula is C15H24N2O2S2. The van der Waals surface area contributed by atoms with Gasteiger partial charge in [-0.15, -0.1) is 0 Å². The summed E-state index contributed by atoms with van der Waals surface area (Å²) in [5.74, 6) is 0.846. The van der Waals surface area contributed by atoms with Crippen LogP contribution in [0.3, 0.4) is 0 Å². The first-order valence-electron chi connectivity index (χ1n) is 7.10. The molecule has 118 valence electrons. The zero-order valence-electron chi connectivity index (χ0n) is 13.4. The Kier molecular flexibility index (Phi) is 4.61. The van der Waals surface area contributed by atoms with Gasteiger partial charge in [-0.25, -0.2) is 8.42 Å². The average Bonchev–Trinajstić information content (AvgIpc) is 2.36. The Bertz CT molecular complexity index is 616. The smallest absolute Gasteiger partial charge is 0.243 e. The molecule has 4 nitrogen and oxygen atoms in total. The summed E-state index contributed by atoms with van der Waals surface area (Å²) >= 11 is 1.83. The first-order valence-corrected chi connectivity index (χ1v) is 9.53. The van der Waals surface area contributed by atoms with E-state index in [1.54, 1.807) is 4.31 Å². The molecule has 0 aliphatic carbocycles. The van der Waals surface area contributed by atoms with E-state index in [0.717, 1.165) is 22.6 Å².